The lowest BCUT2D eigenvalue weighted by Gasteiger charge is -2.34. The maximum Gasteiger partial charge on any atom is 0.0693 e. The van der Waals surface area contributed by atoms with E-state index < -0.39 is 0 Å². The summed E-state index contributed by atoms with van der Waals surface area (Å²) in [5.74, 6) is 0. The highest BCUT2D eigenvalue weighted by Crippen LogP contribution is 2.20. The molecule has 12 heavy (non-hydrogen) atoms. The number of hydrogen-bond acceptors (Lipinski definition) is 2. The number of hydrogen-bond donors (Lipinski definition) is 2. The third kappa shape index (κ3) is 3.11. The highest BCUT2D eigenvalue weighted by Gasteiger charge is 2.26. The van der Waals surface area contributed by atoms with E-state index in [0.717, 1.165) is 12.8 Å². The molecule has 0 spiro atoms. The molecule has 0 radical (unpaired) electrons. The number of aliphatic hydroxyl groups is 1. The van der Waals surface area contributed by atoms with Gasteiger partial charge in [0.05, 0.1) is 6.10 Å². The molecule has 0 aromatic rings. The lowest BCUT2D eigenvalue weighted by molar-refractivity contribution is 0.0781. The third-order valence-corrected chi connectivity index (χ3v) is 2.35. The largest absolute Gasteiger partial charge is 0.392 e. The van der Waals surface area contributed by atoms with Crippen molar-refractivity contribution in [2.75, 3.05) is 0 Å². The summed E-state index contributed by atoms with van der Waals surface area (Å²) in [4.78, 5) is 0. The Labute approximate surface area is 75.4 Å². The smallest absolute Gasteiger partial charge is 0.0693 e. The third-order valence-electron chi connectivity index (χ3n) is 2.35. The van der Waals surface area contributed by atoms with E-state index >= 15 is 0 Å². The Bertz CT molecular complexity index is 139. The van der Waals surface area contributed by atoms with Crippen LogP contribution < -0.4 is 5.32 Å². The molecule has 1 aliphatic carbocycles. The maximum absolute atomic E-state index is 9.67. The van der Waals surface area contributed by atoms with Gasteiger partial charge in [0.2, 0.25) is 0 Å². The molecule has 1 fully saturated rings. The summed E-state index contributed by atoms with van der Waals surface area (Å²) in [5, 5.41) is 13.1. The summed E-state index contributed by atoms with van der Waals surface area (Å²) in [7, 11) is 0. The van der Waals surface area contributed by atoms with Crippen LogP contribution in [0.5, 0.6) is 0 Å². The maximum atomic E-state index is 9.67. The van der Waals surface area contributed by atoms with Gasteiger partial charge in [0.15, 0.2) is 0 Å². The fourth-order valence-corrected chi connectivity index (χ4v) is 1.84. The van der Waals surface area contributed by atoms with Gasteiger partial charge in [0.25, 0.3) is 0 Å². The van der Waals surface area contributed by atoms with Crippen molar-refractivity contribution in [1.29, 1.82) is 0 Å². The predicted molar refractivity (Wildman–Crippen MR) is 51.2 cm³/mol. The van der Waals surface area contributed by atoms with E-state index in [1.54, 1.807) is 0 Å². The standard InChI is InChI=1S/C10H21NO/c1-10(2,3)11-8-6-4-5-7-9(8)12/h8-9,11-12H,4-7H2,1-3H3/t8-,9+/m0/s1. The van der Waals surface area contributed by atoms with Crippen LogP contribution in [0.1, 0.15) is 46.5 Å². The first-order chi connectivity index (χ1) is 5.49. The molecule has 1 aliphatic rings. The summed E-state index contributed by atoms with van der Waals surface area (Å²) in [6.07, 6.45) is 4.40. The first-order valence-electron chi connectivity index (χ1n) is 4.95. The molecule has 2 heteroatoms. The Morgan fingerprint density at radius 2 is 1.75 bits per heavy atom. The van der Waals surface area contributed by atoms with Gasteiger partial charge in [-0.1, -0.05) is 12.8 Å². The zero-order valence-corrected chi connectivity index (χ0v) is 8.43. The van der Waals surface area contributed by atoms with Crippen molar-refractivity contribution in [2.24, 2.45) is 0 Å². The quantitative estimate of drug-likeness (QED) is 0.629. The van der Waals surface area contributed by atoms with Crippen LogP contribution in [0.4, 0.5) is 0 Å². The van der Waals surface area contributed by atoms with Crippen LogP contribution in [0.3, 0.4) is 0 Å². The van der Waals surface area contributed by atoms with Crippen molar-refractivity contribution in [3.63, 3.8) is 0 Å². The van der Waals surface area contributed by atoms with Gasteiger partial charge in [-0.15, -0.1) is 0 Å². The molecule has 2 atom stereocenters. The predicted octanol–water partition coefficient (Wildman–Crippen LogP) is 1.68. The molecule has 0 unspecified atom stereocenters. The second-order valence-corrected chi connectivity index (χ2v) is 4.85. The zero-order chi connectivity index (χ0) is 9.19. The topological polar surface area (TPSA) is 32.3 Å². The Morgan fingerprint density at radius 3 is 2.25 bits per heavy atom. The summed E-state index contributed by atoms with van der Waals surface area (Å²) < 4.78 is 0. The molecule has 0 aliphatic heterocycles. The highest BCUT2D eigenvalue weighted by atomic mass is 16.3. The van der Waals surface area contributed by atoms with Crippen LogP contribution in [0.2, 0.25) is 0 Å². The number of aliphatic hydroxyl groups excluding tert-OH is 1. The van der Waals surface area contributed by atoms with Gasteiger partial charge >= 0.3 is 0 Å². The summed E-state index contributed by atoms with van der Waals surface area (Å²) in [6.45, 7) is 6.44. The Hall–Kier alpha value is -0.0800. The fourth-order valence-electron chi connectivity index (χ4n) is 1.84. The molecule has 0 heterocycles. The average Bonchev–Trinajstić information content (AvgIpc) is 1.91. The minimum atomic E-state index is -0.127. The van der Waals surface area contributed by atoms with Crippen LogP contribution in [-0.2, 0) is 0 Å². The van der Waals surface area contributed by atoms with Crippen molar-refractivity contribution in [1.82, 2.24) is 5.32 Å². The van der Waals surface area contributed by atoms with Crippen molar-refractivity contribution < 1.29 is 5.11 Å². The summed E-state index contributed by atoms with van der Waals surface area (Å²) in [5.41, 5.74) is 0.128. The molecule has 0 saturated heterocycles. The molecule has 0 aromatic carbocycles. The van der Waals surface area contributed by atoms with E-state index in [4.69, 9.17) is 0 Å². The molecular weight excluding hydrogens is 150 g/mol. The average molecular weight is 171 g/mol. The van der Waals surface area contributed by atoms with Crippen LogP contribution >= 0.6 is 0 Å². The van der Waals surface area contributed by atoms with Gasteiger partial charge in [-0.3, -0.25) is 0 Å². The van der Waals surface area contributed by atoms with Gasteiger partial charge in [-0.25, -0.2) is 0 Å². The van der Waals surface area contributed by atoms with E-state index in [1.807, 2.05) is 0 Å². The van der Waals surface area contributed by atoms with Crippen molar-refractivity contribution in [3.05, 3.63) is 0 Å². The van der Waals surface area contributed by atoms with Crippen molar-refractivity contribution in [2.45, 2.75) is 64.1 Å². The van der Waals surface area contributed by atoms with Crippen LogP contribution in [-0.4, -0.2) is 22.8 Å². The lowest BCUT2D eigenvalue weighted by Crippen LogP contribution is -2.50. The molecule has 72 valence electrons. The second-order valence-electron chi connectivity index (χ2n) is 4.85. The summed E-state index contributed by atoms with van der Waals surface area (Å²) in [6, 6.07) is 0.318. The molecule has 2 N–H and O–H groups in total. The highest BCUT2D eigenvalue weighted by molar-refractivity contribution is 4.85. The van der Waals surface area contributed by atoms with Crippen LogP contribution in [0.25, 0.3) is 0 Å². The molecule has 0 bridgehead atoms. The fraction of sp³-hybridized carbons (Fsp3) is 1.00. The zero-order valence-electron chi connectivity index (χ0n) is 8.43. The lowest BCUT2D eigenvalue weighted by atomic mass is 9.91. The van der Waals surface area contributed by atoms with Gasteiger partial charge in [-0.05, 0) is 33.6 Å². The molecular formula is C10H21NO. The van der Waals surface area contributed by atoms with Crippen LogP contribution in [0, 0.1) is 0 Å². The molecule has 0 aromatic heterocycles. The van der Waals surface area contributed by atoms with Crippen molar-refractivity contribution >= 4 is 0 Å². The summed E-state index contributed by atoms with van der Waals surface area (Å²) >= 11 is 0. The number of nitrogens with one attached hydrogen (secondary N) is 1. The molecule has 1 saturated carbocycles. The monoisotopic (exact) mass is 171 g/mol. The van der Waals surface area contributed by atoms with Gasteiger partial charge in [0.1, 0.15) is 0 Å². The van der Waals surface area contributed by atoms with Crippen molar-refractivity contribution in [3.8, 4) is 0 Å². The van der Waals surface area contributed by atoms with E-state index in [9.17, 15) is 5.11 Å². The molecule has 0 amide bonds. The molecule has 2 nitrogen and oxygen atoms in total. The second kappa shape index (κ2) is 3.75. The van der Waals surface area contributed by atoms with Gasteiger partial charge in [0, 0.05) is 11.6 Å². The Morgan fingerprint density at radius 1 is 1.17 bits per heavy atom. The Balaban J connectivity index is 2.39. The first-order valence-corrected chi connectivity index (χ1v) is 4.95. The normalized spacial score (nSPS) is 32.0. The van der Waals surface area contributed by atoms with E-state index in [2.05, 4.69) is 26.1 Å². The Kier molecular flexibility index (Phi) is 3.13. The van der Waals surface area contributed by atoms with Gasteiger partial charge in [-0.2, -0.15) is 0 Å². The first kappa shape index (κ1) is 10.0. The molecule has 1 rings (SSSR count). The minimum absolute atomic E-state index is 0.127. The van der Waals surface area contributed by atoms with Crippen LogP contribution in [0.15, 0.2) is 0 Å². The number of rotatable bonds is 1. The SMILES string of the molecule is CC(C)(C)N[C@H]1CCCC[C@H]1O. The van der Waals surface area contributed by atoms with E-state index in [0.29, 0.717) is 6.04 Å². The minimum Gasteiger partial charge on any atom is -0.392 e. The van der Waals surface area contributed by atoms with Gasteiger partial charge < -0.3 is 10.4 Å². The van der Waals surface area contributed by atoms with E-state index in [-0.39, 0.29) is 11.6 Å². The van der Waals surface area contributed by atoms with E-state index in [1.165, 1.54) is 12.8 Å².